The van der Waals surface area contributed by atoms with Crippen molar-refractivity contribution < 1.29 is 9.18 Å². The van der Waals surface area contributed by atoms with E-state index in [1.165, 1.54) is 16.7 Å². The lowest BCUT2D eigenvalue weighted by Crippen LogP contribution is -2.50. The standard InChI is InChI=1S/C28H31FN8O2/c1-33-8-10-36(11-9-33)27-30-17-20(18-31-27)22-16-21(29)6-7-24(22)34-12-14-35(15-13-34)26(38)19-37-25-5-3-2-4-23(25)32-28(37)39/h2-7,16-18H,8-15,19H2,1H3,(H,32,39). The number of amides is 1. The molecular weight excluding hydrogens is 499 g/mol. The van der Waals surface area contributed by atoms with Gasteiger partial charge in [0, 0.05) is 81.6 Å². The lowest BCUT2D eigenvalue weighted by molar-refractivity contribution is -0.132. The van der Waals surface area contributed by atoms with E-state index >= 15 is 0 Å². The van der Waals surface area contributed by atoms with E-state index in [-0.39, 0.29) is 24.0 Å². The molecule has 0 atom stereocenters. The summed E-state index contributed by atoms with van der Waals surface area (Å²) in [4.78, 5) is 45.8. The van der Waals surface area contributed by atoms with Crippen molar-refractivity contribution in [2.75, 3.05) is 69.2 Å². The predicted octanol–water partition coefficient (Wildman–Crippen LogP) is 2.03. The Kier molecular flexibility index (Phi) is 6.74. The lowest BCUT2D eigenvalue weighted by Gasteiger charge is -2.37. The van der Waals surface area contributed by atoms with Gasteiger partial charge in [-0.1, -0.05) is 12.1 Å². The second kappa shape index (κ2) is 10.5. The number of imidazole rings is 1. The number of hydrogen-bond acceptors (Lipinski definition) is 7. The quantitative estimate of drug-likeness (QED) is 0.422. The number of aromatic amines is 1. The van der Waals surface area contributed by atoms with Crippen molar-refractivity contribution in [2.24, 2.45) is 0 Å². The number of rotatable bonds is 5. The number of hydrogen-bond donors (Lipinski definition) is 1. The van der Waals surface area contributed by atoms with Crippen LogP contribution in [0.15, 0.2) is 59.7 Å². The molecule has 2 saturated heterocycles. The van der Waals surface area contributed by atoms with Gasteiger partial charge in [-0.3, -0.25) is 9.36 Å². The summed E-state index contributed by atoms with van der Waals surface area (Å²) in [6.45, 7) is 5.86. The summed E-state index contributed by atoms with van der Waals surface area (Å²) in [5, 5.41) is 0. The minimum absolute atomic E-state index is 0.0123. The third-order valence-electron chi connectivity index (χ3n) is 7.64. The Labute approximate surface area is 225 Å². The average Bonchev–Trinajstić information content (AvgIpc) is 3.28. The molecule has 0 saturated carbocycles. The van der Waals surface area contributed by atoms with E-state index in [9.17, 15) is 14.0 Å². The fourth-order valence-electron chi connectivity index (χ4n) is 5.34. The van der Waals surface area contributed by atoms with Crippen molar-refractivity contribution in [3.8, 4) is 11.1 Å². The number of nitrogens with zero attached hydrogens (tertiary/aromatic N) is 7. The number of piperazine rings is 2. The lowest BCUT2D eigenvalue weighted by atomic mass is 10.0. The van der Waals surface area contributed by atoms with Gasteiger partial charge in [0.1, 0.15) is 12.4 Å². The number of aromatic nitrogens is 4. The molecule has 1 N–H and O–H groups in total. The van der Waals surface area contributed by atoms with Crippen molar-refractivity contribution in [3.05, 3.63) is 71.2 Å². The Bertz CT molecular complexity index is 1530. The number of para-hydroxylation sites is 2. The number of halogens is 1. The molecule has 10 nitrogen and oxygen atoms in total. The van der Waals surface area contributed by atoms with E-state index in [2.05, 4.69) is 36.7 Å². The molecule has 39 heavy (non-hydrogen) atoms. The second-order valence-electron chi connectivity index (χ2n) is 10.1. The summed E-state index contributed by atoms with van der Waals surface area (Å²) < 4.78 is 15.8. The summed E-state index contributed by atoms with van der Waals surface area (Å²) in [5.74, 6) is 0.259. The molecule has 2 aromatic heterocycles. The number of benzene rings is 2. The maximum atomic E-state index is 14.3. The number of likely N-dealkylation sites (N-methyl/N-ethyl adjacent to an activating group) is 1. The fraction of sp³-hybridized carbons (Fsp3) is 0.357. The van der Waals surface area contributed by atoms with Crippen LogP contribution >= 0.6 is 0 Å². The van der Waals surface area contributed by atoms with Gasteiger partial charge in [-0.25, -0.2) is 19.2 Å². The molecule has 2 fully saturated rings. The summed E-state index contributed by atoms with van der Waals surface area (Å²) >= 11 is 0. The zero-order valence-corrected chi connectivity index (χ0v) is 21.9. The molecule has 0 aliphatic carbocycles. The average molecular weight is 531 g/mol. The van der Waals surface area contributed by atoms with Crippen molar-refractivity contribution in [2.45, 2.75) is 6.54 Å². The molecule has 0 unspecified atom stereocenters. The van der Waals surface area contributed by atoms with E-state index < -0.39 is 0 Å². The highest BCUT2D eigenvalue weighted by molar-refractivity contribution is 5.81. The molecule has 202 valence electrons. The Balaban J connectivity index is 1.15. The maximum absolute atomic E-state index is 14.3. The Morgan fingerprint density at radius 3 is 2.36 bits per heavy atom. The highest BCUT2D eigenvalue weighted by Crippen LogP contribution is 2.32. The first-order chi connectivity index (χ1) is 19.0. The normalized spacial score (nSPS) is 16.7. The van der Waals surface area contributed by atoms with Gasteiger partial charge >= 0.3 is 5.69 Å². The molecule has 0 spiro atoms. The number of nitrogens with one attached hydrogen (secondary N) is 1. The summed E-state index contributed by atoms with van der Waals surface area (Å²) in [7, 11) is 2.10. The van der Waals surface area contributed by atoms with Crippen LogP contribution in [0.4, 0.5) is 16.0 Å². The number of carbonyl (C=O) groups excluding carboxylic acids is 1. The van der Waals surface area contributed by atoms with Crippen molar-refractivity contribution in [1.82, 2.24) is 29.3 Å². The van der Waals surface area contributed by atoms with E-state index in [1.54, 1.807) is 23.4 Å². The number of anilines is 2. The van der Waals surface area contributed by atoms with Gasteiger partial charge in [0.2, 0.25) is 11.9 Å². The first-order valence-corrected chi connectivity index (χ1v) is 13.2. The number of H-pyrrole nitrogens is 1. The zero-order valence-electron chi connectivity index (χ0n) is 21.9. The van der Waals surface area contributed by atoms with Crippen LogP contribution in [-0.4, -0.2) is 94.6 Å². The highest BCUT2D eigenvalue weighted by atomic mass is 19.1. The summed E-state index contributed by atoms with van der Waals surface area (Å²) in [6, 6.07) is 12.1. The van der Waals surface area contributed by atoms with Gasteiger partial charge in [0.15, 0.2) is 0 Å². The van der Waals surface area contributed by atoms with E-state index in [0.29, 0.717) is 43.2 Å². The van der Waals surface area contributed by atoms with Gasteiger partial charge in [0.25, 0.3) is 0 Å². The van der Waals surface area contributed by atoms with E-state index in [0.717, 1.165) is 43.0 Å². The first kappa shape index (κ1) is 25.1. The number of carbonyl (C=O) groups is 1. The fourth-order valence-corrected chi connectivity index (χ4v) is 5.34. The van der Waals surface area contributed by atoms with Gasteiger partial charge in [-0.2, -0.15) is 0 Å². The molecule has 4 heterocycles. The van der Waals surface area contributed by atoms with Crippen LogP contribution in [0.2, 0.25) is 0 Å². The maximum Gasteiger partial charge on any atom is 0.326 e. The smallest absolute Gasteiger partial charge is 0.326 e. The van der Waals surface area contributed by atoms with Crippen molar-refractivity contribution in [3.63, 3.8) is 0 Å². The first-order valence-electron chi connectivity index (χ1n) is 13.2. The Morgan fingerprint density at radius 1 is 0.923 bits per heavy atom. The molecule has 2 aliphatic rings. The van der Waals surface area contributed by atoms with Gasteiger partial charge < -0.3 is 24.6 Å². The van der Waals surface area contributed by atoms with Crippen LogP contribution in [-0.2, 0) is 11.3 Å². The molecule has 11 heteroatoms. The Hall–Kier alpha value is -4.25. The SMILES string of the molecule is CN1CCN(c2ncc(-c3cc(F)ccc3N3CCN(C(=O)Cn4c(=O)[nH]c5ccccc54)CC3)cn2)CC1. The Morgan fingerprint density at radius 2 is 1.62 bits per heavy atom. The van der Waals surface area contributed by atoms with Crippen LogP contribution < -0.4 is 15.5 Å². The minimum Gasteiger partial charge on any atom is -0.367 e. The van der Waals surface area contributed by atoms with Crippen LogP contribution in [0.1, 0.15) is 0 Å². The topological polar surface area (TPSA) is 93.6 Å². The summed E-state index contributed by atoms with van der Waals surface area (Å²) in [6.07, 6.45) is 3.52. The van der Waals surface area contributed by atoms with E-state index in [4.69, 9.17) is 0 Å². The number of fused-ring (bicyclic) bond motifs is 1. The molecule has 0 radical (unpaired) electrons. The molecule has 1 amide bonds. The van der Waals surface area contributed by atoms with Crippen molar-refractivity contribution in [1.29, 1.82) is 0 Å². The van der Waals surface area contributed by atoms with Crippen molar-refractivity contribution >= 4 is 28.6 Å². The van der Waals surface area contributed by atoms with E-state index in [1.807, 2.05) is 24.3 Å². The van der Waals surface area contributed by atoms with Gasteiger partial charge in [-0.05, 0) is 37.4 Å². The summed E-state index contributed by atoms with van der Waals surface area (Å²) in [5.41, 5.74) is 3.49. The van der Waals surface area contributed by atoms with Crippen LogP contribution in [0, 0.1) is 5.82 Å². The molecule has 2 aliphatic heterocycles. The van der Waals surface area contributed by atoms with Crippen LogP contribution in [0.25, 0.3) is 22.2 Å². The molecule has 6 rings (SSSR count). The third kappa shape index (κ3) is 5.09. The predicted molar refractivity (Wildman–Crippen MR) is 148 cm³/mol. The van der Waals surface area contributed by atoms with Crippen LogP contribution in [0.5, 0.6) is 0 Å². The third-order valence-corrected chi connectivity index (χ3v) is 7.64. The largest absolute Gasteiger partial charge is 0.367 e. The molecular formula is C28H31FN8O2. The van der Waals surface area contributed by atoms with Crippen LogP contribution in [0.3, 0.4) is 0 Å². The molecule has 2 aromatic carbocycles. The minimum atomic E-state index is -0.324. The molecule has 4 aromatic rings. The monoisotopic (exact) mass is 530 g/mol. The van der Waals surface area contributed by atoms with Gasteiger partial charge in [-0.15, -0.1) is 0 Å². The highest BCUT2D eigenvalue weighted by Gasteiger charge is 2.25. The zero-order chi connectivity index (χ0) is 26.9. The van der Waals surface area contributed by atoms with Gasteiger partial charge in [0.05, 0.1) is 11.0 Å². The molecule has 0 bridgehead atoms. The second-order valence-corrected chi connectivity index (χ2v) is 10.1.